The second kappa shape index (κ2) is 6.25. The van der Waals surface area contributed by atoms with Gasteiger partial charge in [0.2, 0.25) is 0 Å². The molecular formula is C13H19NO3. The molecule has 1 aromatic carbocycles. The zero-order valence-electron chi connectivity index (χ0n) is 10.5. The van der Waals surface area contributed by atoms with Crippen LogP contribution in [0.4, 0.5) is 5.69 Å². The summed E-state index contributed by atoms with van der Waals surface area (Å²) in [6.45, 7) is 5.16. The van der Waals surface area contributed by atoms with E-state index in [4.69, 9.17) is 15.2 Å². The van der Waals surface area contributed by atoms with Crippen LogP contribution in [0.5, 0.6) is 0 Å². The summed E-state index contributed by atoms with van der Waals surface area (Å²) in [7, 11) is 1.34. The van der Waals surface area contributed by atoms with Gasteiger partial charge in [-0.1, -0.05) is 26.0 Å². The molecule has 0 fully saturated rings. The first-order chi connectivity index (χ1) is 8.06. The van der Waals surface area contributed by atoms with E-state index in [-0.39, 0.29) is 0 Å². The quantitative estimate of drug-likeness (QED) is 0.630. The zero-order chi connectivity index (χ0) is 12.8. The molecule has 0 aliphatic heterocycles. The Labute approximate surface area is 102 Å². The third-order valence-electron chi connectivity index (χ3n) is 2.28. The van der Waals surface area contributed by atoms with Crippen LogP contribution in [0.15, 0.2) is 18.2 Å². The van der Waals surface area contributed by atoms with Gasteiger partial charge in [0, 0.05) is 12.3 Å². The minimum Gasteiger partial charge on any atom is -0.465 e. The van der Waals surface area contributed by atoms with Gasteiger partial charge >= 0.3 is 5.97 Å². The monoisotopic (exact) mass is 237 g/mol. The zero-order valence-corrected chi connectivity index (χ0v) is 10.5. The van der Waals surface area contributed by atoms with Crippen LogP contribution in [-0.2, 0) is 16.1 Å². The molecule has 0 amide bonds. The van der Waals surface area contributed by atoms with Gasteiger partial charge in [0.05, 0.1) is 19.3 Å². The Hall–Kier alpha value is -1.55. The van der Waals surface area contributed by atoms with Crippen LogP contribution in [-0.4, -0.2) is 19.7 Å². The molecule has 0 spiro atoms. The minimum atomic E-state index is -0.425. The van der Waals surface area contributed by atoms with Gasteiger partial charge in [-0.2, -0.15) is 0 Å². The predicted molar refractivity (Wildman–Crippen MR) is 66.7 cm³/mol. The van der Waals surface area contributed by atoms with Crippen molar-refractivity contribution in [3.05, 3.63) is 29.3 Å². The van der Waals surface area contributed by atoms with Crippen molar-refractivity contribution in [3.8, 4) is 0 Å². The van der Waals surface area contributed by atoms with Crippen molar-refractivity contribution in [2.75, 3.05) is 19.5 Å². The van der Waals surface area contributed by atoms with Crippen molar-refractivity contribution >= 4 is 11.7 Å². The maximum atomic E-state index is 11.6. The molecule has 17 heavy (non-hydrogen) atoms. The van der Waals surface area contributed by atoms with Crippen LogP contribution in [0, 0.1) is 5.92 Å². The molecule has 0 unspecified atom stereocenters. The van der Waals surface area contributed by atoms with E-state index in [0.29, 0.717) is 30.4 Å². The summed E-state index contributed by atoms with van der Waals surface area (Å²) in [5.41, 5.74) is 7.36. The van der Waals surface area contributed by atoms with Gasteiger partial charge in [0.15, 0.2) is 0 Å². The van der Waals surface area contributed by atoms with E-state index in [1.807, 2.05) is 6.07 Å². The van der Waals surface area contributed by atoms with E-state index in [1.165, 1.54) is 7.11 Å². The highest BCUT2D eigenvalue weighted by atomic mass is 16.5. The van der Waals surface area contributed by atoms with Gasteiger partial charge in [-0.05, 0) is 17.5 Å². The maximum Gasteiger partial charge on any atom is 0.340 e. The summed E-state index contributed by atoms with van der Waals surface area (Å²) in [6.07, 6.45) is 0. The molecule has 1 aromatic rings. The number of hydrogen-bond acceptors (Lipinski definition) is 4. The van der Waals surface area contributed by atoms with Crippen LogP contribution in [0.3, 0.4) is 0 Å². The van der Waals surface area contributed by atoms with E-state index >= 15 is 0 Å². The normalized spacial score (nSPS) is 10.6. The van der Waals surface area contributed by atoms with Crippen LogP contribution in [0.2, 0.25) is 0 Å². The highest BCUT2D eigenvalue weighted by Crippen LogP contribution is 2.19. The Morgan fingerprint density at radius 2 is 2.12 bits per heavy atom. The summed E-state index contributed by atoms with van der Waals surface area (Å²) in [4.78, 5) is 11.6. The minimum absolute atomic E-state index is 0.369. The fraction of sp³-hybridized carbons (Fsp3) is 0.462. The summed E-state index contributed by atoms with van der Waals surface area (Å²) < 4.78 is 10.2. The molecule has 0 aliphatic rings. The first-order valence-electron chi connectivity index (χ1n) is 5.59. The van der Waals surface area contributed by atoms with Crippen molar-refractivity contribution in [2.45, 2.75) is 20.5 Å². The number of methoxy groups -OCH3 is 1. The number of nitrogen functional groups attached to an aromatic ring is 1. The van der Waals surface area contributed by atoms with E-state index in [1.54, 1.807) is 12.1 Å². The fourth-order valence-electron chi connectivity index (χ4n) is 1.50. The van der Waals surface area contributed by atoms with Crippen molar-refractivity contribution < 1.29 is 14.3 Å². The fourth-order valence-corrected chi connectivity index (χ4v) is 1.50. The molecule has 1 rings (SSSR count). The predicted octanol–water partition coefficient (Wildman–Crippen LogP) is 2.23. The highest BCUT2D eigenvalue weighted by Gasteiger charge is 2.15. The summed E-state index contributed by atoms with van der Waals surface area (Å²) >= 11 is 0. The molecular weight excluding hydrogens is 218 g/mol. The van der Waals surface area contributed by atoms with Gasteiger partial charge in [-0.3, -0.25) is 0 Å². The number of carbonyl (C=O) groups excluding carboxylic acids is 1. The number of carbonyl (C=O) groups is 1. The van der Waals surface area contributed by atoms with E-state index in [2.05, 4.69) is 13.8 Å². The van der Waals surface area contributed by atoms with Crippen molar-refractivity contribution in [1.82, 2.24) is 0 Å². The largest absolute Gasteiger partial charge is 0.465 e. The molecule has 0 saturated heterocycles. The topological polar surface area (TPSA) is 61.5 Å². The Bertz CT molecular complexity index is 388. The molecule has 0 radical (unpaired) electrons. The molecule has 0 atom stereocenters. The van der Waals surface area contributed by atoms with Crippen LogP contribution in [0.1, 0.15) is 29.8 Å². The lowest BCUT2D eigenvalue weighted by molar-refractivity contribution is 0.0590. The summed E-state index contributed by atoms with van der Waals surface area (Å²) in [6, 6.07) is 5.30. The van der Waals surface area contributed by atoms with Crippen LogP contribution in [0.25, 0.3) is 0 Å². The van der Waals surface area contributed by atoms with Gasteiger partial charge in [-0.15, -0.1) is 0 Å². The van der Waals surface area contributed by atoms with Gasteiger partial charge < -0.3 is 15.2 Å². The third kappa shape index (κ3) is 3.75. The number of hydrogen-bond donors (Lipinski definition) is 1. The SMILES string of the molecule is COC(=O)c1c(N)cccc1COCC(C)C. The lowest BCUT2D eigenvalue weighted by Crippen LogP contribution is -2.11. The summed E-state index contributed by atoms with van der Waals surface area (Å²) in [5, 5.41) is 0. The Morgan fingerprint density at radius 3 is 2.71 bits per heavy atom. The lowest BCUT2D eigenvalue weighted by atomic mass is 10.1. The first kappa shape index (κ1) is 13.5. The first-order valence-corrected chi connectivity index (χ1v) is 5.59. The molecule has 0 bridgehead atoms. The molecule has 2 N–H and O–H groups in total. The second-order valence-corrected chi connectivity index (χ2v) is 4.28. The smallest absolute Gasteiger partial charge is 0.340 e. The molecule has 94 valence electrons. The maximum absolute atomic E-state index is 11.6. The Morgan fingerprint density at radius 1 is 1.41 bits per heavy atom. The average Bonchev–Trinajstić information content (AvgIpc) is 2.28. The highest BCUT2D eigenvalue weighted by molar-refractivity contribution is 5.96. The number of benzene rings is 1. The Balaban J connectivity index is 2.83. The molecule has 4 nitrogen and oxygen atoms in total. The molecule has 0 aliphatic carbocycles. The number of anilines is 1. The van der Waals surface area contributed by atoms with Crippen molar-refractivity contribution in [3.63, 3.8) is 0 Å². The van der Waals surface area contributed by atoms with E-state index in [0.717, 1.165) is 5.56 Å². The number of nitrogens with two attached hydrogens (primary N) is 1. The second-order valence-electron chi connectivity index (χ2n) is 4.28. The summed E-state index contributed by atoms with van der Waals surface area (Å²) in [5.74, 6) is 0.0314. The lowest BCUT2D eigenvalue weighted by Gasteiger charge is -2.12. The van der Waals surface area contributed by atoms with Crippen molar-refractivity contribution in [2.24, 2.45) is 5.92 Å². The number of rotatable bonds is 5. The van der Waals surface area contributed by atoms with Gasteiger partial charge in [0.1, 0.15) is 0 Å². The van der Waals surface area contributed by atoms with E-state index in [9.17, 15) is 4.79 Å². The average molecular weight is 237 g/mol. The molecule has 4 heteroatoms. The van der Waals surface area contributed by atoms with Gasteiger partial charge in [-0.25, -0.2) is 4.79 Å². The van der Waals surface area contributed by atoms with Crippen LogP contribution < -0.4 is 5.73 Å². The molecule has 0 aromatic heterocycles. The molecule has 0 saturated carbocycles. The van der Waals surface area contributed by atoms with E-state index < -0.39 is 5.97 Å². The standard InChI is InChI=1S/C13H19NO3/c1-9(2)7-17-8-10-5-4-6-11(14)12(10)13(15)16-3/h4-6,9H,7-8,14H2,1-3H3. The number of esters is 1. The van der Waals surface area contributed by atoms with Gasteiger partial charge in [0.25, 0.3) is 0 Å². The third-order valence-corrected chi connectivity index (χ3v) is 2.28. The van der Waals surface area contributed by atoms with Crippen molar-refractivity contribution in [1.29, 1.82) is 0 Å². The number of ether oxygens (including phenoxy) is 2. The van der Waals surface area contributed by atoms with Crippen LogP contribution >= 0.6 is 0 Å². The molecule has 0 heterocycles. The Kier molecular flexibility index (Phi) is 4.97.